The van der Waals surface area contributed by atoms with Gasteiger partial charge >= 0.3 is 0 Å². The number of benzene rings is 2. The Labute approximate surface area is 175 Å². The smallest absolute Gasteiger partial charge is 0.244 e. The van der Waals surface area contributed by atoms with Gasteiger partial charge in [-0.3, -0.25) is 4.79 Å². The minimum Gasteiger partial charge on any atom is -0.369 e. The summed E-state index contributed by atoms with van der Waals surface area (Å²) in [6.45, 7) is 0.853. The van der Waals surface area contributed by atoms with E-state index in [0.29, 0.717) is 29.2 Å². The topological polar surface area (TPSA) is 63.7 Å². The number of rotatable bonds is 7. The van der Waals surface area contributed by atoms with E-state index >= 15 is 0 Å². The van der Waals surface area contributed by atoms with Gasteiger partial charge in [0.1, 0.15) is 11.5 Å². The fourth-order valence-electron chi connectivity index (χ4n) is 3.08. The number of piperidine rings is 1. The highest BCUT2D eigenvalue weighted by Crippen LogP contribution is 2.32. The molecule has 1 aliphatic heterocycles. The molecule has 0 N–H and O–H groups in total. The number of hydrogen-bond donors (Lipinski definition) is 0. The molecular weight excluding hydrogens is 421 g/mol. The van der Waals surface area contributed by atoms with Crippen molar-refractivity contribution in [1.29, 1.82) is 0 Å². The van der Waals surface area contributed by atoms with Crippen LogP contribution in [0.25, 0.3) is 0 Å². The molecule has 0 saturated carbocycles. The number of carbonyl (C=O) groups is 1. The highest BCUT2D eigenvalue weighted by Gasteiger charge is 2.28. The van der Waals surface area contributed by atoms with Crippen molar-refractivity contribution >= 4 is 39.0 Å². The molecule has 1 fully saturated rings. The molecular formula is C20H21Cl2NO4S. The lowest BCUT2D eigenvalue weighted by atomic mass is 10.1. The zero-order valence-corrected chi connectivity index (χ0v) is 17.6. The summed E-state index contributed by atoms with van der Waals surface area (Å²) in [6, 6.07) is 11.7. The lowest BCUT2D eigenvalue weighted by Gasteiger charge is -2.26. The predicted molar refractivity (Wildman–Crippen MR) is 110 cm³/mol. The highest BCUT2D eigenvalue weighted by atomic mass is 35.5. The summed E-state index contributed by atoms with van der Waals surface area (Å²) in [5.74, 6) is -0.160. The summed E-state index contributed by atoms with van der Waals surface area (Å²) < 4.78 is 32.8. The molecule has 0 amide bonds. The van der Waals surface area contributed by atoms with Crippen LogP contribution in [0.2, 0.25) is 10.0 Å². The summed E-state index contributed by atoms with van der Waals surface area (Å²) in [7, 11) is -3.70. The van der Waals surface area contributed by atoms with Gasteiger partial charge in [-0.2, -0.15) is 4.31 Å². The molecule has 2 aromatic rings. The van der Waals surface area contributed by atoms with Crippen molar-refractivity contribution in [3.63, 3.8) is 0 Å². The van der Waals surface area contributed by atoms with Crippen LogP contribution in [-0.4, -0.2) is 38.2 Å². The van der Waals surface area contributed by atoms with Crippen LogP contribution in [0.1, 0.15) is 35.2 Å². The summed E-state index contributed by atoms with van der Waals surface area (Å²) >= 11 is 12.4. The van der Waals surface area contributed by atoms with Gasteiger partial charge in [-0.15, -0.1) is 0 Å². The third-order valence-corrected chi connectivity index (χ3v) is 7.34. The summed E-state index contributed by atoms with van der Waals surface area (Å²) in [6.07, 6.45) is 2.69. The number of hydrogen-bond acceptors (Lipinski definition) is 4. The molecule has 28 heavy (non-hydrogen) atoms. The van der Waals surface area contributed by atoms with Crippen LogP contribution in [0.4, 0.5) is 0 Å². The van der Waals surface area contributed by atoms with E-state index in [1.165, 1.54) is 16.4 Å². The first-order chi connectivity index (χ1) is 13.4. The van der Waals surface area contributed by atoms with Crippen LogP contribution < -0.4 is 0 Å². The summed E-state index contributed by atoms with van der Waals surface area (Å²) in [5, 5.41) is 0.384. The molecule has 1 heterocycles. The first-order valence-electron chi connectivity index (χ1n) is 9.03. The zero-order chi connectivity index (χ0) is 20.1. The van der Waals surface area contributed by atoms with E-state index < -0.39 is 10.0 Å². The third-order valence-electron chi connectivity index (χ3n) is 4.62. The van der Waals surface area contributed by atoms with Crippen molar-refractivity contribution in [2.45, 2.75) is 30.8 Å². The minimum atomic E-state index is -3.70. The molecule has 1 aliphatic rings. The Kier molecular flexibility index (Phi) is 7.12. The fraction of sp³-hybridized carbons (Fsp3) is 0.350. The van der Waals surface area contributed by atoms with Gasteiger partial charge in [0.2, 0.25) is 10.0 Å². The van der Waals surface area contributed by atoms with Gasteiger partial charge in [0, 0.05) is 23.7 Å². The number of halogens is 2. The van der Waals surface area contributed by atoms with Gasteiger partial charge in [0.05, 0.1) is 11.6 Å². The van der Waals surface area contributed by atoms with E-state index in [-0.39, 0.29) is 28.9 Å². The van der Waals surface area contributed by atoms with Crippen LogP contribution in [0.3, 0.4) is 0 Å². The third kappa shape index (κ3) is 4.93. The quantitative estimate of drug-likeness (QED) is 0.590. The maximum atomic E-state index is 12.9. The van der Waals surface area contributed by atoms with E-state index in [4.69, 9.17) is 27.9 Å². The van der Waals surface area contributed by atoms with Crippen LogP contribution in [0, 0.1) is 0 Å². The Balaban J connectivity index is 1.73. The number of ether oxygens (including phenoxy) is 1. The molecule has 1 saturated heterocycles. The van der Waals surface area contributed by atoms with Crippen molar-refractivity contribution in [2.24, 2.45) is 0 Å². The van der Waals surface area contributed by atoms with Crippen molar-refractivity contribution in [2.75, 3.05) is 19.7 Å². The van der Waals surface area contributed by atoms with Crippen LogP contribution in [-0.2, 0) is 21.4 Å². The van der Waals surface area contributed by atoms with Gasteiger partial charge in [0.25, 0.3) is 0 Å². The second kappa shape index (κ2) is 9.37. The lowest BCUT2D eigenvalue weighted by molar-refractivity contribution is 0.0726. The molecule has 3 rings (SSSR count). The Morgan fingerprint density at radius 2 is 1.68 bits per heavy atom. The average molecular weight is 442 g/mol. The molecule has 0 aliphatic carbocycles. The van der Waals surface area contributed by atoms with Crippen molar-refractivity contribution in [1.82, 2.24) is 4.31 Å². The molecule has 0 unspecified atom stereocenters. The lowest BCUT2D eigenvalue weighted by Crippen LogP contribution is -2.35. The average Bonchev–Trinajstić information content (AvgIpc) is 2.70. The van der Waals surface area contributed by atoms with Gasteiger partial charge < -0.3 is 4.74 Å². The normalized spacial score (nSPS) is 15.5. The molecule has 8 heteroatoms. The van der Waals surface area contributed by atoms with Crippen molar-refractivity contribution in [3.05, 3.63) is 63.6 Å². The highest BCUT2D eigenvalue weighted by molar-refractivity contribution is 7.89. The Bertz CT molecular complexity index is 942. The summed E-state index contributed by atoms with van der Waals surface area (Å²) in [4.78, 5) is 12.1. The van der Waals surface area contributed by atoms with Crippen LogP contribution >= 0.6 is 23.2 Å². The molecule has 0 aromatic heterocycles. The monoisotopic (exact) mass is 441 g/mol. The van der Waals surface area contributed by atoms with E-state index in [1.807, 2.05) is 6.07 Å². The van der Waals surface area contributed by atoms with Crippen molar-refractivity contribution < 1.29 is 17.9 Å². The van der Waals surface area contributed by atoms with Crippen LogP contribution in [0.5, 0.6) is 0 Å². The van der Waals surface area contributed by atoms with Gasteiger partial charge in [-0.25, -0.2) is 8.42 Å². The minimum absolute atomic E-state index is 0.0110. The molecule has 0 atom stereocenters. The second-order valence-electron chi connectivity index (χ2n) is 6.62. The number of sulfonamides is 1. The number of ketones is 1. The van der Waals surface area contributed by atoms with E-state index in [0.717, 1.165) is 19.3 Å². The molecule has 150 valence electrons. The Hall–Kier alpha value is -1.44. The van der Waals surface area contributed by atoms with Crippen molar-refractivity contribution in [3.8, 4) is 0 Å². The zero-order valence-electron chi connectivity index (χ0n) is 15.2. The standard InChI is InChI=1S/C20H21Cl2NO4S/c21-17-12-18(22)20(28(25,26)23-9-5-2-6-10-23)11-16(17)13-27-14-19(24)15-7-3-1-4-8-15/h1,3-4,7-8,11-12H,2,5-6,9-10,13-14H2. The molecule has 5 nitrogen and oxygen atoms in total. The number of Topliss-reactive ketones (excluding diaryl/α,β-unsaturated/α-hetero) is 1. The second-order valence-corrected chi connectivity index (χ2v) is 9.34. The first kappa shape index (κ1) is 21.3. The van der Waals surface area contributed by atoms with E-state index in [2.05, 4.69) is 0 Å². The number of carbonyl (C=O) groups excluding carboxylic acids is 1. The number of nitrogens with zero attached hydrogens (tertiary/aromatic N) is 1. The summed E-state index contributed by atoms with van der Waals surface area (Å²) in [5.41, 5.74) is 1.03. The Morgan fingerprint density at radius 3 is 2.36 bits per heavy atom. The molecule has 2 aromatic carbocycles. The molecule has 0 bridgehead atoms. The van der Waals surface area contributed by atoms with Gasteiger partial charge in [-0.1, -0.05) is 60.0 Å². The SMILES string of the molecule is O=C(COCc1cc(S(=O)(=O)N2CCCCC2)c(Cl)cc1Cl)c1ccccc1. The van der Waals surface area contributed by atoms with E-state index in [9.17, 15) is 13.2 Å². The maximum absolute atomic E-state index is 12.9. The molecule has 0 radical (unpaired) electrons. The predicted octanol–water partition coefficient (Wildman–Crippen LogP) is 4.57. The van der Waals surface area contributed by atoms with Gasteiger partial charge in [0.15, 0.2) is 5.78 Å². The fourth-order valence-corrected chi connectivity index (χ4v) is 5.43. The van der Waals surface area contributed by atoms with Gasteiger partial charge in [-0.05, 0) is 30.5 Å². The Morgan fingerprint density at radius 1 is 1.00 bits per heavy atom. The van der Waals surface area contributed by atoms with E-state index in [1.54, 1.807) is 24.3 Å². The van der Waals surface area contributed by atoms with Crippen LogP contribution in [0.15, 0.2) is 47.4 Å². The first-order valence-corrected chi connectivity index (χ1v) is 11.2. The molecule has 0 spiro atoms. The maximum Gasteiger partial charge on any atom is 0.244 e. The largest absolute Gasteiger partial charge is 0.369 e.